The molecule has 1 aliphatic rings. The minimum absolute atomic E-state index is 0.151. The van der Waals surface area contributed by atoms with Gasteiger partial charge in [-0.05, 0) is 22.7 Å². The average Bonchev–Trinajstić information content (AvgIpc) is 2.53. The van der Waals surface area contributed by atoms with Crippen LogP contribution in [0.25, 0.3) is 10.4 Å². The Kier molecular flexibility index (Phi) is 4.16. The van der Waals surface area contributed by atoms with E-state index in [-0.39, 0.29) is 19.3 Å². The zero-order valence-corrected chi connectivity index (χ0v) is 12.6. The summed E-state index contributed by atoms with van der Waals surface area (Å²) in [6.45, 7) is 0.481. The van der Waals surface area contributed by atoms with E-state index in [1.165, 1.54) is 0 Å². The predicted molar refractivity (Wildman–Crippen MR) is 82.5 cm³/mol. The molecule has 0 spiro atoms. The van der Waals surface area contributed by atoms with Gasteiger partial charge in [0.1, 0.15) is 5.75 Å². The molecule has 0 N–H and O–H groups in total. The maximum atomic E-state index is 12.8. The van der Waals surface area contributed by atoms with Gasteiger partial charge in [-0.3, -0.25) is 4.52 Å². The second-order valence-electron chi connectivity index (χ2n) is 4.90. The smallest absolute Gasteiger partial charge is 0.383 e. The summed E-state index contributed by atoms with van der Waals surface area (Å²) in [5, 5.41) is 3.56. The highest BCUT2D eigenvalue weighted by atomic mass is 31.2. The third kappa shape index (κ3) is 3.15. The fraction of sp³-hybridized carbons (Fsp3) is 0.200. The van der Waals surface area contributed by atoms with E-state index < -0.39 is 7.60 Å². The Hall–Kier alpha value is -2.26. The first kappa shape index (κ1) is 14.7. The van der Waals surface area contributed by atoms with Crippen molar-refractivity contribution in [2.45, 2.75) is 19.3 Å². The quantitative estimate of drug-likeness (QED) is 0.351. The van der Waals surface area contributed by atoms with Crippen LogP contribution in [-0.4, -0.2) is 0 Å². The van der Waals surface area contributed by atoms with Crippen molar-refractivity contribution < 1.29 is 13.6 Å². The number of para-hydroxylation sites is 1. The highest BCUT2D eigenvalue weighted by Crippen LogP contribution is 2.56. The fourth-order valence-electron chi connectivity index (χ4n) is 2.32. The van der Waals surface area contributed by atoms with Crippen molar-refractivity contribution >= 4 is 7.60 Å². The molecule has 2 aromatic rings. The van der Waals surface area contributed by atoms with E-state index >= 15 is 0 Å². The Morgan fingerprint density at radius 3 is 2.68 bits per heavy atom. The lowest BCUT2D eigenvalue weighted by atomic mass is 10.1. The standard InChI is InChI=1S/C15H14N3O3P/c16-18-17-9-12-5-1-2-7-14(12)11-22(19)20-10-13-6-3-4-8-15(13)21-22/h1-8H,9-11H2. The van der Waals surface area contributed by atoms with Crippen molar-refractivity contribution in [3.63, 3.8) is 0 Å². The van der Waals surface area contributed by atoms with Gasteiger partial charge in [0.05, 0.1) is 19.3 Å². The molecule has 1 atom stereocenters. The summed E-state index contributed by atoms with van der Waals surface area (Å²) in [6, 6.07) is 14.8. The van der Waals surface area contributed by atoms with Gasteiger partial charge in [-0.1, -0.05) is 47.6 Å². The van der Waals surface area contributed by atoms with Crippen molar-refractivity contribution in [1.29, 1.82) is 0 Å². The monoisotopic (exact) mass is 315 g/mol. The minimum atomic E-state index is -3.26. The van der Waals surface area contributed by atoms with E-state index in [2.05, 4.69) is 10.0 Å². The summed E-state index contributed by atoms with van der Waals surface area (Å²) in [7, 11) is -3.26. The zero-order valence-electron chi connectivity index (χ0n) is 11.8. The number of fused-ring (bicyclic) bond motifs is 1. The van der Waals surface area contributed by atoms with E-state index in [9.17, 15) is 4.57 Å². The number of azide groups is 1. The molecule has 6 nitrogen and oxygen atoms in total. The Morgan fingerprint density at radius 1 is 1.14 bits per heavy atom. The van der Waals surface area contributed by atoms with Gasteiger partial charge in [0.15, 0.2) is 0 Å². The van der Waals surface area contributed by atoms with Crippen LogP contribution in [0.2, 0.25) is 0 Å². The molecule has 22 heavy (non-hydrogen) atoms. The highest BCUT2D eigenvalue weighted by Gasteiger charge is 2.32. The molecule has 1 heterocycles. The SMILES string of the molecule is [N-]=[N+]=NCc1ccccc1CP1(=O)OCc2ccccc2O1. The van der Waals surface area contributed by atoms with Crippen LogP contribution in [0.3, 0.4) is 0 Å². The molecule has 0 radical (unpaired) electrons. The van der Waals surface area contributed by atoms with Crippen LogP contribution in [0.5, 0.6) is 5.75 Å². The molecule has 0 fully saturated rings. The zero-order chi connectivity index (χ0) is 15.4. The second kappa shape index (κ2) is 6.24. The van der Waals surface area contributed by atoms with Crippen molar-refractivity contribution in [2.24, 2.45) is 5.11 Å². The molecule has 0 aromatic heterocycles. The number of rotatable bonds is 4. The van der Waals surface area contributed by atoms with E-state index in [1.54, 1.807) is 6.07 Å². The molecule has 0 bridgehead atoms. The molecule has 7 heteroatoms. The summed E-state index contributed by atoms with van der Waals surface area (Å²) in [5.74, 6) is 0.601. The van der Waals surface area contributed by atoms with E-state index in [0.717, 1.165) is 16.7 Å². The number of hydrogen-bond donors (Lipinski definition) is 0. The number of nitrogens with zero attached hydrogens (tertiary/aromatic N) is 3. The summed E-state index contributed by atoms with van der Waals surface area (Å²) in [6.07, 6.45) is 0.151. The average molecular weight is 315 g/mol. The summed E-state index contributed by atoms with van der Waals surface area (Å²) < 4.78 is 23.9. The molecule has 0 aliphatic carbocycles. The summed E-state index contributed by atoms with van der Waals surface area (Å²) >= 11 is 0. The van der Waals surface area contributed by atoms with Gasteiger partial charge in [-0.15, -0.1) is 0 Å². The van der Waals surface area contributed by atoms with E-state index in [4.69, 9.17) is 14.6 Å². The van der Waals surface area contributed by atoms with Gasteiger partial charge < -0.3 is 4.52 Å². The first-order valence-corrected chi connectivity index (χ1v) is 8.52. The molecule has 3 rings (SSSR count). The fourth-order valence-corrected chi connectivity index (χ4v) is 4.06. The molecule has 1 unspecified atom stereocenters. The van der Waals surface area contributed by atoms with Crippen LogP contribution in [0, 0.1) is 0 Å². The summed E-state index contributed by atoms with van der Waals surface area (Å²) in [4.78, 5) is 2.76. The Bertz CT molecular complexity index is 787. The third-order valence-corrected chi connectivity index (χ3v) is 5.14. The third-order valence-electron chi connectivity index (χ3n) is 3.41. The van der Waals surface area contributed by atoms with Gasteiger partial charge in [0, 0.05) is 10.5 Å². The largest absolute Gasteiger partial charge is 0.424 e. The van der Waals surface area contributed by atoms with Gasteiger partial charge in [0.25, 0.3) is 0 Å². The maximum absolute atomic E-state index is 12.8. The predicted octanol–water partition coefficient (Wildman–Crippen LogP) is 4.80. The molecule has 0 saturated carbocycles. The molecular formula is C15H14N3O3P. The van der Waals surface area contributed by atoms with Crippen LogP contribution < -0.4 is 4.52 Å². The normalized spacial score (nSPS) is 19.6. The van der Waals surface area contributed by atoms with Gasteiger partial charge >= 0.3 is 7.60 Å². The molecule has 112 valence electrons. The van der Waals surface area contributed by atoms with Crippen LogP contribution >= 0.6 is 7.60 Å². The van der Waals surface area contributed by atoms with Crippen molar-refractivity contribution in [3.05, 3.63) is 75.7 Å². The van der Waals surface area contributed by atoms with Gasteiger partial charge in [-0.25, -0.2) is 4.57 Å². The molecular weight excluding hydrogens is 301 g/mol. The number of hydrogen-bond acceptors (Lipinski definition) is 4. The van der Waals surface area contributed by atoms with E-state index in [0.29, 0.717) is 5.75 Å². The lowest BCUT2D eigenvalue weighted by Gasteiger charge is -2.26. The van der Waals surface area contributed by atoms with E-state index in [1.807, 2.05) is 42.5 Å². The van der Waals surface area contributed by atoms with Crippen molar-refractivity contribution in [1.82, 2.24) is 0 Å². The molecule has 0 amide bonds. The van der Waals surface area contributed by atoms with Crippen LogP contribution in [0.1, 0.15) is 16.7 Å². The minimum Gasteiger partial charge on any atom is -0.424 e. The highest BCUT2D eigenvalue weighted by molar-refractivity contribution is 7.53. The Morgan fingerprint density at radius 2 is 1.86 bits per heavy atom. The Balaban J connectivity index is 1.85. The first-order chi connectivity index (χ1) is 10.7. The molecule has 2 aromatic carbocycles. The molecule has 0 saturated heterocycles. The second-order valence-corrected chi connectivity index (χ2v) is 6.88. The molecule has 1 aliphatic heterocycles. The van der Waals surface area contributed by atoms with Gasteiger partial charge in [0.2, 0.25) is 0 Å². The van der Waals surface area contributed by atoms with Crippen LogP contribution in [0.4, 0.5) is 0 Å². The lowest BCUT2D eigenvalue weighted by molar-refractivity contribution is 0.231. The lowest BCUT2D eigenvalue weighted by Crippen LogP contribution is -2.09. The van der Waals surface area contributed by atoms with Crippen LogP contribution in [-0.2, 0) is 28.4 Å². The van der Waals surface area contributed by atoms with Crippen LogP contribution in [0.15, 0.2) is 53.6 Å². The topological polar surface area (TPSA) is 84.3 Å². The summed E-state index contributed by atoms with van der Waals surface area (Å²) in [5.41, 5.74) is 11.0. The first-order valence-electron chi connectivity index (χ1n) is 6.79. The van der Waals surface area contributed by atoms with Crippen molar-refractivity contribution in [3.8, 4) is 5.75 Å². The number of benzene rings is 2. The Labute approximate surface area is 127 Å². The van der Waals surface area contributed by atoms with Crippen molar-refractivity contribution in [2.75, 3.05) is 0 Å². The van der Waals surface area contributed by atoms with Gasteiger partial charge in [-0.2, -0.15) is 0 Å². The maximum Gasteiger partial charge on any atom is 0.383 e.